The van der Waals surface area contributed by atoms with Crippen LogP contribution < -0.4 is 0 Å². The third kappa shape index (κ3) is 7.14. The van der Waals surface area contributed by atoms with Crippen molar-refractivity contribution in [3.8, 4) is 0 Å². The lowest BCUT2D eigenvalue weighted by Crippen LogP contribution is -2.01. The Labute approximate surface area is 125 Å². The minimum Gasteiger partial charge on any atom is -0.385 e. The Kier molecular flexibility index (Phi) is 9.48. The first-order valence-electron chi connectivity index (χ1n) is 8.37. The van der Waals surface area contributed by atoms with Crippen LogP contribution >= 0.6 is 0 Å². The van der Waals surface area contributed by atoms with Crippen LogP contribution in [0.25, 0.3) is 0 Å². The van der Waals surface area contributed by atoms with Crippen molar-refractivity contribution in [2.75, 3.05) is 13.7 Å². The number of ether oxygens (including phenoxy) is 1. The molecule has 0 spiro atoms. The van der Waals surface area contributed by atoms with Crippen LogP contribution in [0.2, 0.25) is 0 Å². The predicted octanol–water partition coefficient (Wildman–Crippen LogP) is 5.26. The molecular formula is C18H33NO. The minimum absolute atomic E-state index is 0.929. The van der Waals surface area contributed by atoms with Gasteiger partial charge in [-0.15, -0.1) is 0 Å². The van der Waals surface area contributed by atoms with E-state index in [4.69, 9.17) is 4.74 Å². The molecule has 0 radical (unpaired) electrons. The zero-order valence-corrected chi connectivity index (χ0v) is 13.8. The maximum atomic E-state index is 5.06. The smallest absolute Gasteiger partial charge is 0.0462 e. The van der Waals surface area contributed by atoms with Gasteiger partial charge in [0.05, 0.1) is 0 Å². The number of rotatable bonds is 12. The molecule has 0 saturated carbocycles. The van der Waals surface area contributed by atoms with E-state index < -0.39 is 0 Å². The van der Waals surface area contributed by atoms with Gasteiger partial charge in [-0.2, -0.15) is 0 Å². The average molecular weight is 279 g/mol. The van der Waals surface area contributed by atoms with Crippen molar-refractivity contribution in [3.63, 3.8) is 0 Å². The van der Waals surface area contributed by atoms with Gasteiger partial charge in [-0.1, -0.05) is 44.9 Å². The lowest BCUT2D eigenvalue weighted by molar-refractivity contribution is 0.192. The van der Waals surface area contributed by atoms with Gasteiger partial charge < -0.3 is 9.30 Å². The third-order valence-corrected chi connectivity index (χ3v) is 4.15. The molecule has 0 aliphatic carbocycles. The first-order chi connectivity index (χ1) is 9.75. The highest BCUT2D eigenvalue weighted by Crippen LogP contribution is 2.12. The molecule has 0 bridgehead atoms. The standard InChI is InChI=1S/C18H33NO/c1-17-13-14-18(2)19(17)15-11-9-7-5-4-6-8-10-12-16-20-3/h13-14H,4-12,15-16H2,1-3H3. The van der Waals surface area contributed by atoms with Gasteiger partial charge in [-0.05, 0) is 38.8 Å². The minimum atomic E-state index is 0.929. The van der Waals surface area contributed by atoms with Crippen molar-refractivity contribution in [2.45, 2.75) is 78.2 Å². The second kappa shape index (κ2) is 11.0. The maximum absolute atomic E-state index is 5.06. The fraction of sp³-hybridized carbons (Fsp3) is 0.778. The molecule has 2 heteroatoms. The average Bonchev–Trinajstić information content (AvgIpc) is 2.76. The van der Waals surface area contributed by atoms with Crippen molar-refractivity contribution in [2.24, 2.45) is 0 Å². The summed E-state index contributed by atoms with van der Waals surface area (Å²) >= 11 is 0. The zero-order chi connectivity index (χ0) is 14.6. The SMILES string of the molecule is COCCCCCCCCCCCn1c(C)ccc1C. The van der Waals surface area contributed by atoms with Crippen molar-refractivity contribution in [3.05, 3.63) is 23.5 Å². The summed E-state index contributed by atoms with van der Waals surface area (Å²) in [4.78, 5) is 0. The quantitative estimate of drug-likeness (QED) is 0.476. The van der Waals surface area contributed by atoms with Gasteiger partial charge in [0.2, 0.25) is 0 Å². The Hall–Kier alpha value is -0.760. The van der Waals surface area contributed by atoms with E-state index >= 15 is 0 Å². The van der Waals surface area contributed by atoms with Crippen molar-refractivity contribution in [1.29, 1.82) is 0 Å². The third-order valence-electron chi connectivity index (χ3n) is 4.15. The molecule has 1 aromatic heterocycles. The first kappa shape index (κ1) is 17.3. The van der Waals surface area contributed by atoms with Crippen LogP contribution in [0.1, 0.15) is 69.2 Å². The number of aromatic nitrogens is 1. The fourth-order valence-corrected chi connectivity index (χ4v) is 2.81. The highest BCUT2D eigenvalue weighted by atomic mass is 16.5. The predicted molar refractivity (Wildman–Crippen MR) is 87.3 cm³/mol. The van der Waals surface area contributed by atoms with Gasteiger partial charge in [0.1, 0.15) is 0 Å². The van der Waals surface area contributed by atoms with Crippen LogP contribution in [-0.4, -0.2) is 18.3 Å². The Morgan fingerprint density at radius 2 is 1.20 bits per heavy atom. The molecule has 0 aliphatic rings. The van der Waals surface area contributed by atoms with Crippen molar-refractivity contribution >= 4 is 0 Å². The Bertz CT molecular complexity index is 324. The van der Waals surface area contributed by atoms with Gasteiger partial charge in [-0.25, -0.2) is 0 Å². The molecule has 0 N–H and O–H groups in total. The van der Waals surface area contributed by atoms with E-state index in [0.717, 1.165) is 6.61 Å². The molecule has 0 aliphatic heterocycles. The number of methoxy groups -OCH3 is 1. The molecule has 0 saturated heterocycles. The largest absolute Gasteiger partial charge is 0.385 e. The van der Waals surface area contributed by atoms with Crippen LogP contribution in [-0.2, 0) is 11.3 Å². The number of hydrogen-bond acceptors (Lipinski definition) is 1. The number of unbranched alkanes of at least 4 members (excludes halogenated alkanes) is 8. The normalized spacial score (nSPS) is 11.2. The number of aryl methyl sites for hydroxylation is 2. The molecule has 1 rings (SSSR count). The topological polar surface area (TPSA) is 14.2 Å². The van der Waals surface area contributed by atoms with Crippen molar-refractivity contribution in [1.82, 2.24) is 4.57 Å². The summed E-state index contributed by atoms with van der Waals surface area (Å²) in [5, 5.41) is 0. The van der Waals surface area contributed by atoms with Gasteiger partial charge in [0.25, 0.3) is 0 Å². The summed E-state index contributed by atoms with van der Waals surface area (Å²) in [7, 11) is 1.79. The molecule has 0 atom stereocenters. The van der Waals surface area contributed by atoms with E-state index in [9.17, 15) is 0 Å². The maximum Gasteiger partial charge on any atom is 0.0462 e. The number of nitrogens with zero attached hydrogens (tertiary/aromatic N) is 1. The molecule has 0 unspecified atom stereocenters. The lowest BCUT2D eigenvalue weighted by Gasteiger charge is -2.09. The van der Waals surface area contributed by atoms with Gasteiger partial charge in [-0.3, -0.25) is 0 Å². The Balaban J connectivity index is 1.88. The van der Waals surface area contributed by atoms with E-state index in [1.54, 1.807) is 7.11 Å². The molecule has 2 nitrogen and oxygen atoms in total. The summed E-state index contributed by atoms with van der Waals surface area (Å²) in [5.74, 6) is 0. The summed E-state index contributed by atoms with van der Waals surface area (Å²) in [6.07, 6.45) is 12.3. The van der Waals surface area contributed by atoms with E-state index in [0.29, 0.717) is 0 Å². The highest BCUT2D eigenvalue weighted by molar-refractivity contribution is 5.13. The highest BCUT2D eigenvalue weighted by Gasteiger charge is 2.00. The molecular weight excluding hydrogens is 246 g/mol. The van der Waals surface area contributed by atoms with Gasteiger partial charge in [0.15, 0.2) is 0 Å². The van der Waals surface area contributed by atoms with E-state index in [2.05, 4.69) is 30.5 Å². The first-order valence-corrected chi connectivity index (χ1v) is 8.37. The second-order valence-electron chi connectivity index (χ2n) is 5.94. The molecule has 1 aromatic rings. The molecule has 116 valence electrons. The van der Waals surface area contributed by atoms with E-state index in [1.165, 1.54) is 75.7 Å². The molecule has 1 heterocycles. The van der Waals surface area contributed by atoms with Gasteiger partial charge >= 0.3 is 0 Å². The summed E-state index contributed by atoms with van der Waals surface area (Å²) in [6.45, 7) is 6.53. The molecule has 0 amide bonds. The zero-order valence-electron chi connectivity index (χ0n) is 13.8. The van der Waals surface area contributed by atoms with Crippen LogP contribution in [0.15, 0.2) is 12.1 Å². The summed E-state index contributed by atoms with van der Waals surface area (Å²) in [5.41, 5.74) is 2.80. The molecule has 0 fully saturated rings. The summed E-state index contributed by atoms with van der Waals surface area (Å²) < 4.78 is 7.50. The molecule has 20 heavy (non-hydrogen) atoms. The fourth-order valence-electron chi connectivity index (χ4n) is 2.81. The van der Waals surface area contributed by atoms with Crippen LogP contribution in [0, 0.1) is 13.8 Å². The number of hydrogen-bond donors (Lipinski definition) is 0. The van der Waals surface area contributed by atoms with Crippen LogP contribution in [0.5, 0.6) is 0 Å². The van der Waals surface area contributed by atoms with Gasteiger partial charge in [0, 0.05) is 31.6 Å². The Morgan fingerprint density at radius 3 is 1.70 bits per heavy atom. The second-order valence-corrected chi connectivity index (χ2v) is 5.94. The van der Waals surface area contributed by atoms with Crippen LogP contribution in [0.3, 0.4) is 0 Å². The Morgan fingerprint density at radius 1 is 0.750 bits per heavy atom. The lowest BCUT2D eigenvalue weighted by atomic mass is 10.1. The van der Waals surface area contributed by atoms with Crippen molar-refractivity contribution < 1.29 is 4.74 Å². The van der Waals surface area contributed by atoms with Crippen LogP contribution in [0.4, 0.5) is 0 Å². The summed E-state index contributed by atoms with van der Waals surface area (Å²) in [6, 6.07) is 4.44. The van der Waals surface area contributed by atoms with E-state index in [1.807, 2.05) is 0 Å². The van der Waals surface area contributed by atoms with E-state index in [-0.39, 0.29) is 0 Å². The molecule has 0 aromatic carbocycles. The monoisotopic (exact) mass is 279 g/mol.